The Morgan fingerprint density at radius 3 is 1.85 bits per heavy atom. The van der Waals surface area contributed by atoms with Gasteiger partial charge in [-0.15, -0.1) is 0 Å². The van der Waals surface area contributed by atoms with Crippen LogP contribution in [0.1, 0.15) is 53.4 Å². The predicted octanol–water partition coefficient (Wildman–Crippen LogP) is -0.427. The molecule has 6 atom stereocenters. The quantitative estimate of drug-likeness (QED) is 0.168. The summed E-state index contributed by atoms with van der Waals surface area (Å²) in [6.07, 6.45) is 2.83. The summed E-state index contributed by atoms with van der Waals surface area (Å²) in [5, 5.41) is 17.2. The smallest absolute Gasteiger partial charge is 0.326 e. The molecule has 0 saturated carbocycles. The van der Waals surface area contributed by atoms with Crippen LogP contribution in [-0.4, -0.2) is 70.9 Å². The first kappa shape index (κ1) is 30.7. The van der Waals surface area contributed by atoms with Crippen LogP contribution in [0.5, 0.6) is 0 Å². The highest BCUT2D eigenvalue weighted by atomic mass is 32.2. The average molecular weight is 490 g/mol. The van der Waals surface area contributed by atoms with Gasteiger partial charge in [0, 0.05) is 0 Å². The van der Waals surface area contributed by atoms with Gasteiger partial charge in [-0.3, -0.25) is 19.2 Å². The van der Waals surface area contributed by atoms with Crippen LogP contribution < -0.4 is 27.4 Å². The number of hydrogen-bond donors (Lipinski definition) is 6. The van der Waals surface area contributed by atoms with Crippen LogP contribution in [0.2, 0.25) is 0 Å². The van der Waals surface area contributed by atoms with E-state index in [2.05, 4.69) is 16.0 Å². The van der Waals surface area contributed by atoms with E-state index in [1.807, 2.05) is 20.1 Å². The van der Waals surface area contributed by atoms with Crippen molar-refractivity contribution in [1.82, 2.24) is 16.0 Å². The first-order valence-electron chi connectivity index (χ1n) is 11.1. The standard InChI is InChI=1S/C21H39N5O6S/c1-6-11(3)16(20(30)26-17(21(31)32)12(4)7-2)25-19(29)14(8-9-33-5)24-18(28)13(22)10-15(23)27/h11-14,16-17H,6-10,22H2,1-5H3,(H2,23,27)(H,24,28)(H,25,29)(H,26,30)(H,31,32). The Kier molecular flexibility index (Phi) is 14.4. The van der Waals surface area contributed by atoms with Crippen molar-refractivity contribution in [2.45, 2.75) is 77.5 Å². The maximum absolute atomic E-state index is 13.0. The Labute approximate surface area is 199 Å². The SMILES string of the molecule is CCC(C)C(NC(=O)C(NC(=O)C(CCSC)NC(=O)C(N)CC(N)=O)C(C)CC)C(=O)O. The molecule has 0 aromatic heterocycles. The molecule has 0 bridgehead atoms. The number of hydrogen-bond acceptors (Lipinski definition) is 7. The summed E-state index contributed by atoms with van der Waals surface area (Å²) in [5.41, 5.74) is 10.7. The van der Waals surface area contributed by atoms with Crippen LogP contribution in [-0.2, 0) is 24.0 Å². The second kappa shape index (κ2) is 15.5. The molecule has 0 aromatic carbocycles. The van der Waals surface area contributed by atoms with Gasteiger partial charge in [-0.1, -0.05) is 40.5 Å². The van der Waals surface area contributed by atoms with Crippen LogP contribution >= 0.6 is 11.8 Å². The molecule has 190 valence electrons. The zero-order valence-corrected chi connectivity index (χ0v) is 20.9. The number of amides is 4. The van der Waals surface area contributed by atoms with E-state index < -0.39 is 53.8 Å². The molecule has 0 saturated heterocycles. The van der Waals surface area contributed by atoms with Gasteiger partial charge in [-0.25, -0.2) is 4.79 Å². The second-order valence-electron chi connectivity index (χ2n) is 8.20. The number of nitrogens with one attached hydrogen (secondary N) is 3. The third-order valence-corrected chi connectivity index (χ3v) is 6.22. The molecule has 0 aliphatic heterocycles. The molecule has 4 amide bonds. The van der Waals surface area contributed by atoms with Crippen LogP contribution in [0, 0.1) is 11.8 Å². The normalized spacial score (nSPS) is 16.4. The third kappa shape index (κ3) is 10.9. The number of carboxylic acids is 1. The fourth-order valence-corrected chi connectivity index (χ4v) is 3.45. The van der Waals surface area contributed by atoms with Crippen molar-refractivity contribution in [3.8, 4) is 0 Å². The zero-order valence-electron chi connectivity index (χ0n) is 20.1. The summed E-state index contributed by atoms with van der Waals surface area (Å²) in [6, 6.07) is -4.29. The van der Waals surface area contributed by atoms with E-state index in [-0.39, 0.29) is 24.7 Å². The maximum Gasteiger partial charge on any atom is 0.326 e. The van der Waals surface area contributed by atoms with E-state index in [1.54, 1.807) is 13.8 Å². The second-order valence-corrected chi connectivity index (χ2v) is 9.19. The lowest BCUT2D eigenvalue weighted by molar-refractivity contribution is -0.144. The number of carbonyl (C=O) groups excluding carboxylic acids is 4. The Hall–Kier alpha value is -2.34. The summed E-state index contributed by atoms with van der Waals surface area (Å²) in [7, 11) is 0. The van der Waals surface area contributed by atoms with Crippen molar-refractivity contribution in [1.29, 1.82) is 0 Å². The molecule has 0 aliphatic rings. The highest BCUT2D eigenvalue weighted by Crippen LogP contribution is 2.13. The van der Waals surface area contributed by atoms with Crippen molar-refractivity contribution in [2.75, 3.05) is 12.0 Å². The van der Waals surface area contributed by atoms with E-state index in [4.69, 9.17) is 11.5 Å². The van der Waals surface area contributed by atoms with Crippen molar-refractivity contribution < 1.29 is 29.1 Å². The van der Waals surface area contributed by atoms with Crippen molar-refractivity contribution >= 4 is 41.4 Å². The Bertz CT molecular complexity index is 692. The van der Waals surface area contributed by atoms with Crippen molar-refractivity contribution in [2.24, 2.45) is 23.3 Å². The van der Waals surface area contributed by atoms with Gasteiger partial charge in [0.2, 0.25) is 23.6 Å². The fourth-order valence-electron chi connectivity index (χ4n) is 2.97. The number of carbonyl (C=O) groups is 5. The number of thioether (sulfide) groups is 1. The van der Waals surface area contributed by atoms with E-state index >= 15 is 0 Å². The third-order valence-electron chi connectivity index (χ3n) is 5.57. The van der Waals surface area contributed by atoms with E-state index in [0.29, 0.717) is 18.6 Å². The first-order valence-corrected chi connectivity index (χ1v) is 12.4. The molecule has 0 rings (SSSR count). The lowest BCUT2D eigenvalue weighted by atomic mass is 9.95. The van der Waals surface area contributed by atoms with Crippen LogP contribution in [0.25, 0.3) is 0 Å². The number of primary amides is 1. The topological polar surface area (TPSA) is 194 Å². The number of nitrogens with two attached hydrogens (primary N) is 2. The highest BCUT2D eigenvalue weighted by molar-refractivity contribution is 7.98. The summed E-state index contributed by atoms with van der Waals surface area (Å²) in [6.45, 7) is 7.15. The minimum absolute atomic E-state index is 0.265. The molecule has 8 N–H and O–H groups in total. The largest absolute Gasteiger partial charge is 0.480 e. The highest BCUT2D eigenvalue weighted by Gasteiger charge is 2.34. The predicted molar refractivity (Wildman–Crippen MR) is 127 cm³/mol. The summed E-state index contributed by atoms with van der Waals surface area (Å²) in [5.74, 6) is -3.87. The fraction of sp³-hybridized carbons (Fsp3) is 0.762. The molecule has 0 heterocycles. The van der Waals surface area contributed by atoms with Gasteiger partial charge in [0.15, 0.2) is 0 Å². The molecule has 11 nitrogen and oxygen atoms in total. The van der Waals surface area contributed by atoms with Gasteiger partial charge in [-0.05, 0) is 30.3 Å². The molecule has 0 fully saturated rings. The Morgan fingerprint density at radius 1 is 0.879 bits per heavy atom. The molecule has 6 unspecified atom stereocenters. The average Bonchev–Trinajstić information content (AvgIpc) is 2.76. The minimum atomic E-state index is -1.20. The molecule has 0 radical (unpaired) electrons. The minimum Gasteiger partial charge on any atom is -0.480 e. The Morgan fingerprint density at radius 2 is 1.39 bits per heavy atom. The number of aliphatic carboxylic acids is 1. The molecule has 0 aromatic rings. The Balaban J connectivity index is 5.57. The van der Waals surface area contributed by atoms with E-state index in [0.717, 1.165) is 0 Å². The van der Waals surface area contributed by atoms with Gasteiger partial charge in [0.1, 0.15) is 18.1 Å². The van der Waals surface area contributed by atoms with Crippen molar-refractivity contribution in [3.63, 3.8) is 0 Å². The monoisotopic (exact) mass is 489 g/mol. The van der Waals surface area contributed by atoms with Gasteiger partial charge in [0.25, 0.3) is 0 Å². The summed E-state index contributed by atoms with van der Waals surface area (Å²) in [4.78, 5) is 60.9. The van der Waals surface area contributed by atoms with Crippen LogP contribution in [0.4, 0.5) is 0 Å². The molecule has 12 heteroatoms. The zero-order chi connectivity index (χ0) is 25.7. The lowest BCUT2D eigenvalue weighted by Crippen LogP contribution is -2.59. The van der Waals surface area contributed by atoms with Gasteiger partial charge in [-0.2, -0.15) is 11.8 Å². The molecule has 33 heavy (non-hydrogen) atoms. The van der Waals surface area contributed by atoms with E-state index in [1.165, 1.54) is 11.8 Å². The molecule has 0 spiro atoms. The summed E-state index contributed by atoms with van der Waals surface area (Å²) < 4.78 is 0. The van der Waals surface area contributed by atoms with Crippen LogP contribution in [0.15, 0.2) is 0 Å². The van der Waals surface area contributed by atoms with Gasteiger partial charge in [0.05, 0.1) is 12.5 Å². The lowest BCUT2D eigenvalue weighted by Gasteiger charge is -2.29. The number of carboxylic acid groups (broad SMARTS) is 1. The maximum atomic E-state index is 13.0. The van der Waals surface area contributed by atoms with E-state index in [9.17, 15) is 29.1 Å². The molecular formula is C21H39N5O6S. The number of rotatable bonds is 16. The van der Waals surface area contributed by atoms with Crippen molar-refractivity contribution in [3.05, 3.63) is 0 Å². The summed E-state index contributed by atoms with van der Waals surface area (Å²) >= 11 is 1.47. The van der Waals surface area contributed by atoms with Gasteiger partial charge >= 0.3 is 5.97 Å². The van der Waals surface area contributed by atoms with Crippen LogP contribution in [0.3, 0.4) is 0 Å². The molecular weight excluding hydrogens is 450 g/mol. The first-order chi connectivity index (χ1) is 15.4. The van der Waals surface area contributed by atoms with Gasteiger partial charge < -0.3 is 32.5 Å². The molecule has 0 aliphatic carbocycles.